The highest BCUT2D eigenvalue weighted by Gasteiger charge is 2.28. The molecule has 1 aliphatic carbocycles. The van der Waals surface area contributed by atoms with Crippen molar-refractivity contribution in [2.75, 3.05) is 0 Å². The van der Waals surface area contributed by atoms with Gasteiger partial charge in [-0.25, -0.2) is 0 Å². The number of ketones is 2. The summed E-state index contributed by atoms with van der Waals surface area (Å²) in [5.74, 6) is -0.656. The molecule has 0 atom stereocenters. The molecule has 0 saturated carbocycles. The lowest BCUT2D eigenvalue weighted by atomic mass is 9.76. The van der Waals surface area contributed by atoms with E-state index in [0.717, 1.165) is 12.8 Å². The minimum Gasteiger partial charge on any atom is -0.290 e. The predicted octanol–water partition coefficient (Wildman–Crippen LogP) is 2.84. The van der Waals surface area contributed by atoms with Crippen LogP contribution in [0.3, 0.4) is 0 Å². The fourth-order valence-electron chi connectivity index (χ4n) is 1.89. The first-order valence-corrected chi connectivity index (χ1v) is 5.34. The van der Waals surface area contributed by atoms with E-state index in [1.807, 2.05) is 6.08 Å². The summed E-state index contributed by atoms with van der Waals surface area (Å²) in [7, 11) is 0. The predicted molar refractivity (Wildman–Crippen MR) is 60.5 cm³/mol. The number of hydrogen-bond acceptors (Lipinski definition) is 2. The smallest absolute Gasteiger partial charge is 0.224 e. The molecule has 0 saturated heterocycles. The van der Waals surface area contributed by atoms with E-state index < -0.39 is 0 Å². The fourth-order valence-corrected chi connectivity index (χ4v) is 1.89. The summed E-state index contributed by atoms with van der Waals surface area (Å²) in [4.78, 5) is 23.1. The summed E-state index contributed by atoms with van der Waals surface area (Å²) in [6, 6.07) is 0. The van der Waals surface area contributed by atoms with Crippen molar-refractivity contribution in [2.24, 2.45) is 5.41 Å². The van der Waals surface area contributed by atoms with E-state index in [0.29, 0.717) is 12.0 Å². The molecule has 0 spiro atoms. The number of carbonyl (C=O) groups excluding carboxylic acids is 2. The van der Waals surface area contributed by atoms with Gasteiger partial charge in [0.05, 0.1) is 0 Å². The Morgan fingerprint density at radius 3 is 2.73 bits per heavy atom. The summed E-state index contributed by atoms with van der Waals surface area (Å²) in [6.45, 7) is 7.72. The molecule has 1 rings (SSSR count). The molecule has 2 nitrogen and oxygen atoms in total. The average molecular weight is 206 g/mol. The highest BCUT2D eigenvalue weighted by Crippen LogP contribution is 2.35. The summed E-state index contributed by atoms with van der Waals surface area (Å²) < 4.78 is 0. The first-order valence-electron chi connectivity index (χ1n) is 5.34. The number of carbonyl (C=O) groups is 2. The molecule has 82 valence electrons. The van der Waals surface area contributed by atoms with Crippen molar-refractivity contribution in [1.82, 2.24) is 0 Å². The molecule has 0 fully saturated rings. The van der Waals surface area contributed by atoms with E-state index in [4.69, 9.17) is 0 Å². The Balaban J connectivity index is 2.72. The first-order chi connectivity index (χ1) is 6.96. The van der Waals surface area contributed by atoms with Gasteiger partial charge in [0.15, 0.2) is 0 Å². The van der Waals surface area contributed by atoms with Crippen LogP contribution in [0.4, 0.5) is 0 Å². The molecule has 2 heteroatoms. The summed E-state index contributed by atoms with van der Waals surface area (Å²) >= 11 is 0. The molecule has 0 amide bonds. The molecule has 0 unspecified atom stereocenters. The number of hydrogen-bond donors (Lipinski definition) is 0. The van der Waals surface area contributed by atoms with Gasteiger partial charge in [0, 0.05) is 6.42 Å². The van der Waals surface area contributed by atoms with E-state index in [1.54, 1.807) is 0 Å². The molecular weight excluding hydrogens is 188 g/mol. The van der Waals surface area contributed by atoms with Crippen LogP contribution in [0.2, 0.25) is 0 Å². The molecule has 0 aliphatic heterocycles. The van der Waals surface area contributed by atoms with E-state index >= 15 is 0 Å². The molecule has 0 aromatic heterocycles. The fraction of sp³-hybridized carbons (Fsp3) is 0.538. The van der Waals surface area contributed by atoms with E-state index in [-0.39, 0.29) is 23.4 Å². The molecule has 0 aromatic rings. The Labute approximate surface area is 91.1 Å². The van der Waals surface area contributed by atoms with Crippen molar-refractivity contribution in [2.45, 2.75) is 39.5 Å². The van der Waals surface area contributed by atoms with Crippen LogP contribution in [0.5, 0.6) is 0 Å². The Hall–Kier alpha value is -1.18. The second kappa shape index (κ2) is 4.56. The van der Waals surface area contributed by atoms with Crippen molar-refractivity contribution >= 4 is 11.6 Å². The SMILES string of the molecule is C=CCC(=O)C(=O)C1=CCCC(C)(C)C1. The van der Waals surface area contributed by atoms with Gasteiger partial charge in [-0.3, -0.25) is 9.59 Å². The zero-order chi connectivity index (χ0) is 11.5. The van der Waals surface area contributed by atoms with Gasteiger partial charge in [-0.1, -0.05) is 26.0 Å². The van der Waals surface area contributed by atoms with Gasteiger partial charge in [0.1, 0.15) is 0 Å². The molecule has 0 radical (unpaired) electrons. The van der Waals surface area contributed by atoms with Crippen molar-refractivity contribution < 1.29 is 9.59 Å². The monoisotopic (exact) mass is 206 g/mol. The molecule has 0 aromatic carbocycles. The second-order valence-electron chi connectivity index (χ2n) is 4.85. The standard InChI is InChI=1S/C13H18O2/c1-4-6-11(14)12(15)10-7-5-8-13(2,3)9-10/h4,7H,1,5-6,8-9H2,2-3H3. The first kappa shape index (κ1) is 11.9. The van der Waals surface area contributed by atoms with Crippen LogP contribution < -0.4 is 0 Å². The highest BCUT2D eigenvalue weighted by molar-refractivity contribution is 6.43. The number of rotatable bonds is 4. The lowest BCUT2D eigenvalue weighted by Gasteiger charge is -2.28. The normalized spacial score (nSPS) is 19.2. The van der Waals surface area contributed by atoms with Crippen LogP contribution in [0.25, 0.3) is 0 Å². The van der Waals surface area contributed by atoms with Crippen molar-refractivity contribution in [1.29, 1.82) is 0 Å². The molecule has 0 bridgehead atoms. The van der Waals surface area contributed by atoms with E-state index in [2.05, 4.69) is 20.4 Å². The minimum absolute atomic E-state index is 0.147. The molecule has 0 heterocycles. The summed E-state index contributed by atoms with van der Waals surface area (Å²) in [5.41, 5.74) is 0.840. The van der Waals surface area contributed by atoms with Crippen LogP contribution in [0.1, 0.15) is 39.5 Å². The minimum atomic E-state index is -0.339. The Kier molecular flexibility index (Phi) is 3.61. The molecule has 0 N–H and O–H groups in total. The number of Topliss-reactive ketones (excluding diaryl/α,β-unsaturated/α-hetero) is 2. The van der Waals surface area contributed by atoms with Gasteiger partial charge < -0.3 is 0 Å². The zero-order valence-corrected chi connectivity index (χ0v) is 9.51. The van der Waals surface area contributed by atoms with Gasteiger partial charge in [-0.05, 0) is 30.3 Å². The van der Waals surface area contributed by atoms with E-state index in [1.165, 1.54) is 6.08 Å². The van der Waals surface area contributed by atoms with Crippen molar-refractivity contribution in [3.8, 4) is 0 Å². The highest BCUT2D eigenvalue weighted by atomic mass is 16.2. The lowest BCUT2D eigenvalue weighted by molar-refractivity contribution is -0.134. The summed E-state index contributed by atoms with van der Waals surface area (Å²) in [6.07, 6.45) is 6.24. The van der Waals surface area contributed by atoms with Gasteiger partial charge in [0.25, 0.3) is 0 Å². The Morgan fingerprint density at radius 2 is 2.20 bits per heavy atom. The number of allylic oxidation sites excluding steroid dienone is 3. The van der Waals surface area contributed by atoms with Crippen LogP contribution in [-0.4, -0.2) is 11.6 Å². The summed E-state index contributed by atoms with van der Waals surface area (Å²) in [5, 5.41) is 0. The van der Waals surface area contributed by atoms with Gasteiger partial charge >= 0.3 is 0 Å². The van der Waals surface area contributed by atoms with E-state index in [9.17, 15) is 9.59 Å². The lowest BCUT2D eigenvalue weighted by Crippen LogP contribution is -2.23. The third kappa shape index (κ3) is 3.15. The molecule has 1 aliphatic rings. The van der Waals surface area contributed by atoms with Crippen LogP contribution >= 0.6 is 0 Å². The van der Waals surface area contributed by atoms with Gasteiger partial charge in [0.2, 0.25) is 11.6 Å². The maximum Gasteiger partial charge on any atom is 0.224 e. The topological polar surface area (TPSA) is 34.1 Å². The van der Waals surface area contributed by atoms with Crippen molar-refractivity contribution in [3.63, 3.8) is 0 Å². The quantitative estimate of drug-likeness (QED) is 0.523. The molecular formula is C13H18O2. The van der Waals surface area contributed by atoms with Gasteiger partial charge in [-0.2, -0.15) is 0 Å². The van der Waals surface area contributed by atoms with Crippen molar-refractivity contribution in [3.05, 3.63) is 24.3 Å². The van der Waals surface area contributed by atoms with Crippen LogP contribution in [-0.2, 0) is 9.59 Å². The zero-order valence-electron chi connectivity index (χ0n) is 9.51. The Morgan fingerprint density at radius 1 is 1.53 bits per heavy atom. The average Bonchev–Trinajstić information content (AvgIpc) is 2.15. The van der Waals surface area contributed by atoms with Crippen LogP contribution in [0, 0.1) is 5.41 Å². The second-order valence-corrected chi connectivity index (χ2v) is 4.85. The molecule has 15 heavy (non-hydrogen) atoms. The third-order valence-corrected chi connectivity index (χ3v) is 2.76. The third-order valence-electron chi connectivity index (χ3n) is 2.76. The largest absolute Gasteiger partial charge is 0.290 e. The maximum atomic E-state index is 11.7. The maximum absolute atomic E-state index is 11.7. The van der Waals surface area contributed by atoms with Gasteiger partial charge in [-0.15, -0.1) is 6.58 Å². The Bertz CT molecular complexity index is 321. The van der Waals surface area contributed by atoms with Crippen LogP contribution in [0.15, 0.2) is 24.3 Å².